The number of aromatic hydroxyl groups is 2. The SMILES string of the molecule is O=C(NCc1nc(-c2ccc(O)c(O)c2)cs1)c1ccccc1F. The Labute approximate surface area is 141 Å². The minimum Gasteiger partial charge on any atom is -0.504 e. The van der Waals surface area contributed by atoms with Gasteiger partial charge in [0.25, 0.3) is 5.91 Å². The third-order valence-corrected chi connectivity index (χ3v) is 4.19. The van der Waals surface area contributed by atoms with Gasteiger partial charge in [0.1, 0.15) is 10.8 Å². The van der Waals surface area contributed by atoms with Gasteiger partial charge in [-0.05, 0) is 30.3 Å². The summed E-state index contributed by atoms with van der Waals surface area (Å²) in [5.41, 5.74) is 1.25. The second-order valence-electron chi connectivity index (χ2n) is 4.99. The molecule has 24 heavy (non-hydrogen) atoms. The van der Waals surface area contributed by atoms with Gasteiger partial charge in [-0.25, -0.2) is 9.37 Å². The van der Waals surface area contributed by atoms with Crippen molar-refractivity contribution in [3.05, 3.63) is 64.2 Å². The van der Waals surface area contributed by atoms with Crippen molar-refractivity contribution >= 4 is 17.2 Å². The van der Waals surface area contributed by atoms with E-state index in [1.165, 1.54) is 41.7 Å². The molecule has 1 amide bonds. The Balaban J connectivity index is 1.69. The number of halogens is 1. The number of nitrogens with zero attached hydrogens (tertiary/aromatic N) is 1. The largest absolute Gasteiger partial charge is 0.504 e. The predicted molar refractivity (Wildman–Crippen MR) is 88.4 cm³/mol. The Morgan fingerprint density at radius 1 is 1.17 bits per heavy atom. The number of aromatic nitrogens is 1. The molecule has 122 valence electrons. The maximum atomic E-state index is 13.5. The van der Waals surface area contributed by atoms with Gasteiger partial charge in [-0.3, -0.25) is 4.79 Å². The van der Waals surface area contributed by atoms with Crippen LogP contribution in [0.25, 0.3) is 11.3 Å². The highest BCUT2D eigenvalue weighted by Gasteiger charge is 2.12. The van der Waals surface area contributed by atoms with Gasteiger partial charge in [-0.2, -0.15) is 0 Å². The summed E-state index contributed by atoms with van der Waals surface area (Å²) in [6.45, 7) is 0.169. The van der Waals surface area contributed by atoms with E-state index in [2.05, 4.69) is 10.3 Å². The molecule has 0 saturated heterocycles. The van der Waals surface area contributed by atoms with E-state index in [4.69, 9.17) is 0 Å². The molecule has 0 unspecified atom stereocenters. The van der Waals surface area contributed by atoms with Crippen LogP contribution in [0.15, 0.2) is 47.8 Å². The number of nitrogens with one attached hydrogen (secondary N) is 1. The first-order valence-corrected chi connectivity index (χ1v) is 7.92. The molecule has 1 aromatic heterocycles. The summed E-state index contributed by atoms with van der Waals surface area (Å²) >= 11 is 1.33. The Kier molecular flexibility index (Phi) is 4.43. The molecule has 1 heterocycles. The Hall–Kier alpha value is -2.93. The van der Waals surface area contributed by atoms with Crippen LogP contribution in [0.5, 0.6) is 11.5 Å². The molecular weight excluding hydrogens is 331 g/mol. The van der Waals surface area contributed by atoms with E-state index in [1.807, 2.05) is 0 Å². The van der Waals surface area contributed by atoms with Crippen LogP contribution in [-0.2, 0) is 6.54 Å². The van der Waals surface area contributed by atoms with Crippen LogP contribution in [0.4, 0.5) is 4.39 Å². The molecule has 3 rings (SSSR count). The molecule has 0 radical (unpaired) electrons. The van der Waals surface area contributed by atoms with Crippen molar-refractivity contribution in [2.45, 2.75) is 6.54 Å². The van der Waals surface area contributed by atoms with E-state index in [0.29, 0.717) is 16.3 Å². The highest BCUT2D eigenvalue weighted by Crippen LogP contribution is 2.31. The van der Waals surface area contributed by atoms with Gasteiger partial charge >= 0.3 is 0 Å². The van der Waals surface area contributed by atoms with E-state index >= 15 is 0 Å². The highest BCUT2D eigenvalue weighted by molar-refractivity contribution is 7.09. The molecule has 0 aliphatic rings. The zero-order chi connectivity index (χ0) is 17.1. The lowest BCUT2D eigenvalue weighted by Crippen LogP contribution is -2.23. The Morgan fingerprint density at radius 3 is 2.71 bits per heavy atom. The quantitative estimate of drug-likeness (QED) is 0.634. The van der Waals surface area contributed by atoms with Crippen molar-refractivity contribution in [1.29, 1.82) is 0 Å². The van der Waals surface area contributed by atoms with Crippen molar-refractivity contribution in [3.8, 4) is 22.8 Å². The van der Waals surface area contributed by atoms with Crippen LogP contribution < -0.4 is 5.32 Å². The van der Waals surface area contributed by atoms with Crippen LogP contribution in [0.3, 0.4) is 0 Å². The average molecular weight is 344 g/mol. The number of amides is 1. The Bertz CT molecular complexity index is 895. The maximum absolute atomic E-state index is 13.5. The zero-order valence-electron chi connectivity index (χ0n) is 12.4. The third-order valence-electron chi connectivity index (χ3n) is 3.34. The first kappa shape index (κ1) is 15.9. The second kappa shape index (κ2) is 6.67. The molecule has 0 saturated carbocycles. The molecule has 0 fully saturated rings. The normalized spacial score (nSPS) is 10.5. The number of phenolic OH excluding ortho intramolecular Hbond substituents is 2. The summed E-state index contributed by atoms with van der Waals surface area (Å²) in [6, 6.07) is 10.2. The summed E-state index contributed by atoms with van der Waals surface area (Å²) in [7, 11) is 0. The van der Waals surface area contributed by atoms with Gasteiger partial charge in [-0.15, -0.1) is 11.3 Å². The fourth-order valence-electron chi connectivity index (χ4n) is 2.10. The summed E-state index contributed by atoms with van der Waals surface area (Å²) < 4.78 is 13.5. The number of rotatable bonds is 4. The zero-order valence-corrected chi connectivity index (χ0v) is 13.2. The van der Waals surface area contributed by atoms with Gasteiger partial charge in [0.05, 0.1) is 17.8 Å². The van der Waals surface area contributed by atoms with Crippen LogP contribution >= 0.6 is 11.3 Å². The lowest BCUT2D eigenvalue weighted by molar-refractivity contribution is 0.0947. The minimum atomic E-state index is -0.575. The number of carbonyl (C=O) groups is 1. The van der Waals surface area contributed by atoms with Gasteiger partial charge in [-0.1, -0.05) is 12.1 Å². The number of carbonyl (C=O) groups excluding carboxylic acids is 1. The standard InChI is InChI=1S/C17H13FN2O3S/c18-12-4-2-1-3-11(12)17(23)19-8-16-20-13(9-24-16)10-5-6-14(21)15(22)7-10/h1-7,9,21-22H,8H2,(H,19,23). The molecular formula is C17H13FN2O3S. The topological polar surface area (TPSA) is 82.5 Å². The molecule has 7 heteroatoms. The third kappa shape index (κ3) is 3.36. The van der Waals surface area contributed by atoms with E-state index in [1.54, 1.807) is 17.5 Å². The number of hydrogen-bond acceptors (Lipinski definition) is 5. The van der Waals surface area contributed by atoms with E-state index in [-0.39, 0.29) is 23.6 Å². The summed E-state index contributed by atoms with van der Waals surface area (Å²) in [5, 5.41) is 23.9. The van der Waals surface area contributed by atoms with Crippen LogP contribution in [0.2, 0.25) is 0 Å². The first-order chi connectivity index (χ1) is 11.5. The summed E-state index contributed by atoms with van der Waals surface area (Å²) in [6.07, 6.45) is 0. The van der Waals surface area contributed by atoms with Gasteiger partial charge < -0.3 is 15.5 Å². The fraction of sp³-hybridized carbons (Fsp3) is 0.0588. The molecule has 0 atom stereocenters. The summed E-state index contributed by atoms with van der Waals surface area (Å²) in [4.78, 5) is 16.3. The molecule has 3 aromatic rings. The number of thiazole rings is 1. The predicted octanol–water partition coefficient (Wildman–Crippen LogP) is 3.29. The maximum Gasteiger partial charge on any atom is 0.254 e. The fourth-order valence-corrected chi connectivity index (χ4v) is 2.85. The van der Waals surface area contributed by atoms with Crippen molar-refractivity contribution in [2.75, 3.05) is 0 Å². The van der Waals surface area contributed by atoms with Crippen LogP contribution in [-0.4, -0.2) is 21.1 Å². The highest BCUT2D eigenvalue weighted by atomic mass is 32.1. The van der Waals surface area contributed by atoms with Crippen LogP contribution in [0, 0.1) is 5.82 Å². The molecule has 0 bridgehead atoms. The van der Waals surface area contributed by atoms with E-state index in [9.17, 15) is 19.4 Å². The monoisotopic (exact) mass is 344 g/mol. The number of benzene rings is 2. The molecule has 2 aromatic carbocycles. The van der Waals surface area contributed by atoms with Gasteiger partial charge in [0.15, 0.2) is 11.5 Å². The lowest BCUT2D eigenvalue weighted by atomic mass is 10.1. The van der Waals surface area contributed by atoms with Crippen LogP contribution in [0.1, 0.15) is 15.4 Å². The van der Waals surface area contributed by atoms with Crippen molar-refractivity contribution in [2.24, 2.45) is 0 Å². The molecule has 5 nitrogen and oxygen atoms in total. The van der Waals surface area contributed by atoms with E-state index < -0.39 is 11.7 Å². The minimum absolute atomic E-state index is 0.0160. The molecule has 3 N–H and O–H groups in total. The molecule has 0 aliphatic carbocycles. The van der Waals surface area contributed by atoms with E-state index in [0.717, 1.165) is 0 Å². The van der Waals surface area contributed by atoms with Crippen molar-refractivity contribution < 1.29 is 19.4 Å². The van der Waals surface area contributed by atoms with Crippen molar-refractivity contribution in [3.63, 3.8) is 0 Å². The van der Waals surface area contributed by atoms with Crippen molar-refractivity contribution in [1.82, 2.24) is 10.3 Å². The number of hydrogen-bond donors (Lipinski definition) is 3. The first-order valence-electron chi connectivity index (χ1n) is 7.04. The smallest absolute Gasteiger partial charge is 0.254 e. The molecule has 0 aliphatic heterocycles. The lowest BCUT2D eigenvalue weighted by Gasteiger charge is -2.04. The molecule has 0 spiro atoms. The number of phenols is 2. The summed E-state index contributed by atoms with van der Waals surface area (Å²) in [5.74, 6) is -1.51. The van der Waals surface area contributed by atoms with Gasteiger partial charge in [0, 0.05) is 10.9 Å². The second-order valence-corrected chi connectivity index (χ2v) is 5.94. The average Bonchev–Trinajstić information content (AvgIpc) is 3.04. The Morgan fingerprint density at radius 2 is 1.96 bits per heavy atom. The van der Waals surface area contributed by atoms with Gasteiger partial charge in [0.2, 0.25) is 0 Å².